The number of hydrogen-bond donors (Lipinski definition) is 0. The van der Waals surface area contributed by atoms with Gasteiger partial charge >= 0.3 is 6.01 Å². The summed E-state index contributed by atoms with van der Waals surface area (Å²) in [6, 6.07) is 14.7. The Kier molecular flexibility index (Phi) is 4.58. The number of nitrogens with zero attached hydrogens (tertiary/aromatic N) is 5. The van der Waals surface area contributed by atoms with Crippen LogP contribution in [0.4, 0.5) is 16.0 Å². The predicted octanol–water partition coefficient (Wildman–Crippen LogP) is 4.01. The third-order valence-electron chi connectivity index (χ3n) is 2.81. The van der Waals surface area contributed by atoms with Crippen molar-refractivity contribution in [3.63, 3.8) is 0 Å². The second-order valence-electron chi connectivity index (χ2n) is 4.49. The number of hydrogen-bond acceptors (Lipinski definition) is 6. The first-order valence-corrected chi connectivity index (χ1v) is 6.83. The van der Waals surface area contributed by atoms with Gasteiger partial charge in [-0.15, -0.1) is 10.2 Å². The van der Waals surface area contributed by atoms with Crippen molar-refractivity contribution in [2.75, 3.05) is 0 Å². The van der Waals surface area contributed by atoms with Crippen LogP contribution in [0.25, 0.3) is 0 Å². The third kappa shape index (κ3) is 4.13. The summed E-state index contributed by atoms with van der Waals surface area (Å²) in [5.74, 6) is -0.525. The summed E-state index contributed by atoms with van der Waals surface area (Å²) in [6.07, 6.45) is 2.57. The molecule has 2 heterocycles. The zero-order valence-electron chi connectivity index (χ0n) is 12.0. The minimum absolute atomic E-state index is 0.0326. The average molecular weight is 309 g/mol. The van der Waals surface area contributed by atoms with E-state index in [0.717, 1.165) is 11.8 Å². The standard InChI is InChI=1S/C16H12FN5O/c17-13-10-19-16(23-11-12-6-2-1-3-7-12)20-15(13)22-21-14-8-4-5-9-18-14/h1-10H,11H2/b22-21+. The highest BCUT2D eigenvalue weighted by atomic mass is 19.1. The number of azo groups is 1. The lowest BCUT2D eigenvalue weighted by Gasteiger charge is -2.04. The normalized spacial score (nSPS) is 10.8. The molecule has 0 radical (unpaired) electrons. The lowest BCUT2D eigenvalue weighted by Crippen LogP contribution is -1.99. The van der Waals surface area contributed by atoms with Crippen LogP contribution in [0.1, 0.15) is 5.56 Å². The van der Waals surface area contributed by atoms with E-state index in [1.165, 1.54) is 0 Å². The SMILES string of the molecule is Fc1cnc(OCc2ccccc2)nc1/N=N/c1ccccn1. The molecule has 0 aliphatic carbocycles. The highest BCUT2D eigenvalue weighted by molar-refractivity contribution is 5.31. The number of pyridine rings is 1. The Morgan fingerprint density at radius 2 is 1.78 bits per heavy atom. The van der Waals surface area contributed by atoms with Gasteiger partial charge in [0.25, 0.3) is 0 Å². The predicted molar refractivity (Wildman–Crippen MR) is 81.2 cm³/mol. The molecule has 0 unspecified atom stereocenters. The summed E-state index contributed by atoms with van der Waals surface area (Å²) in [6.45, 7) is 0.281. The molecule has 0 N–H and O–H groups in total. The van der Waals surface area contributed by atoms with Gasteiger partial charge in [-0.1, -0.05) is 36.4 Å². The van der Waals surface area contributed by atoms with Crippen LogP contribution >= 0.6 is 0 Å². The Labute approximate surface area is 131 Å². The highest BCUT2D eigenvalue weighted by Crippen LogP contribution is 2.19. The van der Waals surface area contributed by atoms with Gasteiger partial charge in [0.05, 0.1) is 6.20 Å². The number of halogens is 1. The van der Waals surface area contributed by atoms with Gasteiger partial charge in [-0.25, -0.2) is 14.4 Å². The van der Waals surface area contributed by atoms with E-state index in [9.17, 15) is 4.39 Å². The van der Waals surface area contributed by atoms with Crippen LogP contribution in [0.2, 0.25) is 0 Å². The van der Waals surface area contributed by atoms with Gasteiger partial charge in [0, 0.05) is 6.20 Å². The molecule has 1 aromatic carbocycles. The van der Waals surface area contributed by atoms with Gasteiger partial charge in [0.1, 0.15) is 6.61 Å². The number of aromatic nitrogens is 3. The fraction of sp³-hybridized carbons (Fsp3) is 0.0625. The number of ether oxygens (including phenoxy) is 1. The van der Waals surface area contributed by atoms with E-state index in [-0.39, 0.29) is 18.4 Å². The molecule has 0 bridgehead atoms. The van der Waals surface area contributed by atoms with Crippen molar-refractivity contribution in [1.82, 2.24) is 15.0 Å². The van der Waals surface area contributed by atoms with Crippen molar-refractivity contribution in [3.05, 3.63) is 72.3 Å². The van der Waals surface area contributed by atoms with Gasteiger partial charge in [0.2, 0.25) is 5.82 Å². The van der Waals surface area contributed by atoms with Gasteiger partial charge in [-0.3, -0.25) is 0 Å². The van der Waals surface area contributed by atoms with Gasteiger partial charge in [-0.2, -0.15) is 4.98 Å². The zero-order chi connectivity index (χ0) is 15.9. The van der Waals surface area contributed by atoms with E-state index in [2.05, 4.69) is 25.2 Å². The van der Waals surface area contributed by atoms with Gasteiger partial charge < -0.3 is 4.74 Å². The van der Waals surface area contributed by atoms with E-state index < -0.39 is 5.82 Å². The molecule has 7 heteroatoms. The van der Waals surface area contributed by atoms with E-state index in [1.54, 1.807) is 24.4 Å². The first-order chi connectivity index (χ1) is 11.3. The Morgan fingerprint density at radius 3 is 2.57 bits per heavy atom. The molecule has 2 aromatic heterocycles. The molecule has 114 valence electrons. The van der Waals surface area contributed by atoms with Crippen molar-refractivity contribution >= 4 is 11.6 Å². The lowest BCUT2D eigenvalue weighted by molar-refractivity contribution is 0.279. The average Bonchev–Trinajstić information content (AvgIpc) is 2.62. The maximum absolute atomic E-state index is 13.7. The van der Waals surface area contributed by atoms with Crippen LogP contribution in [0.5, 0.6) is 6.01 Å². The van der Waals surface area contributed by atoms with Crippen LogP contribution in [-0.4, -0.2) is 15.0 Å². The molecule has 0 aliphatic rings. The number of rotatable bonds is 5. The van der Waals surface area contributed by atoms with E-state index in [4.69, 9.17) is 4.74 Å². The maximum Gasteiger partial charge on any atom is 0.318 e. The molecule has 6 nitrogen and oxygen atoms in total. The van der Waals surface area contributed by atoms with E-state index in [0.29, 0.717) is 5.82 Å². The van der Waals surface area contributed by atoms with Crippen molar-refractivity contribution in [2.24, 2.45) is 10.2 Å². The Balaban J connectivity index is 1.73. The topological polar surface area (TPSA) is 72.6 Å². The molecule has 0 saturated carbocycles. The van der Waals surface area contributed by atoms with Crippen LogP contribution in [-0.2, 0) is 6.61 Å². The van der Waals surface area contributed by atoms with Crippen LogP contribution < -0.4 is 4.74 Å². The largest absolute Gasteiger partial charge is 0.459 e. The molecule has 0 saturated heterocycles. The quantitative estimate of drug-likeness (QED) is 0.668. The van der Waals surface area contributed by atoms with Crippen molar-refractivity contribution in [1.29, 1.82) is 0 Å². The monoisotopic (exact) mass is 309 g/mol. The summed E-state index contributed by atoms with van der Waals surface area (Å²) in [4.78, 5) is 11.7. The summed E-state index contributed by atoms with van der Waals surface area (Å²) >= 11 is 0. The summed E-state index contributed by atoms with van der Waals surface area (Å²) in [7, 11) is 0. The second kappa shape index (κ2) is 7.17. The number of benzene rings is 1. The molecular weight excluding hydrogens is 297 g/mol. The van der Waals surface area contributed by atoms with Crippen molar-refractivity contribution < 1.29 is 9.13 Å². The Hall–Kier alpha value is -3.22. The van der Waals surface area contributed by atoms with E-state index >= 15 is 0 Å². The minimum atomic E-state index is -0.684. The van der Waals surface area contributed by atoms with Crippen LogP contribution in [0.15, 0.2) is 71.2 Å². The van der Waals surface area contributed by atoms with Gasteiger partial charge in [0.15, 0.2) is 11.6 Å². The fourth-order valence-corrected chi connectivity index (χ4v) is 1.72. The summed E-state index contributed by atoms with van der Waals surface area (Å²) in [5.41, 5.74) is 0.956. The molecular formula is C16H12FN5O. The van der Waals surface area contributed by atoms with Crippen LogP contribution in [0.3, 0.4) is 0 Å². The Morgan fingerprint density at radius 1 is 0.957 bits per heavy atom. The second-order valence-corrected chi connectivity index (χ2v) is 4.49. The third-order valence-corrected chi connectivity index (χ3v) is 2.81. The van der Waals surface area contributed by atoms with Crippen molar-refractivity contribution in [3.8, 4) is 6.01 Å². The molecule has 23 heavy (non-hydrogen) atoms. The Bertz CT molecular complexity index is 796. The molecule has 3 aromatic rings. The smallest absolute Gasteiger partial charge is 0.318 e. The molecule has 0 fully saturated rings. The molecule has 3 rings (SSSR count). The van der Waals surface area contributed by atoms with Crippen LogP contribution in [0, 0.1) is 5.82 Å². The molecule has 0 amide bonds. The highest BCUT2D eigenvalue weighted by Gasteiger charge is 2.07. The molecule has 0 atom stereocenters. The minimum Gasteiger partial charge on any atom is -0.459 e. The zero-order valence-corrected chi connectivity index (χ0v) is 12.0. The fourth-order valence-electron chi connectivity index (χ4n) is 1.72. The lowest BCUT2D eigenvalue weighted by atomic mass is 10.2. The first-order valence-electron chi connectivity index (χ1n) is 6.83. The van der Waals surface area contributed by atoms with E-state index in [1.807, 2.05) is 30.3 Å². The summed E-state index contributed by atoms with van der Waals surface area (Å²) in [5, 5.41) is 7.57. The maximum atomic E-state index is 13.7. The molecule has 0 spiro atoms. The summed E-state index contributed by atoms with van der Waals surface area (Å²) < 4.78 is 19.1. The molecule has 0 aliphatic heterocycles. The van der Waals surface area contributed by atoms with Crippen molar-refractivity contribution in [2.45, 2.75) is 6.61 Å². The first kappa shape index (κ1) is 14.7. The van der Waals surface area contributed by atoms with Gasteiger partial charge in [-0.05, 0) is 17.7 Å².